The number of halogens is 2. The molecule has 0 aliphatic heterocycles. The zero-order valence-electron chi connectivity index (χ0n) is 15.7. The molecule has 2 rings (SSSR count). The molecule has 0 aromatic heterocycles. The number of carbonyl (C=O) groups is 2. The molecule has 0 spiro atoms. The Bertz CT molecular complexity index is 797. The van der Waals surface area contributed by atoms with Crippen molar-refractivity contribution in [2.45, 2.75) is 20.0 Å². The lowest BCUT2D eigenvalue weighted by Gasteiger charge is -2.21. The van der Waals surface area contributed by atoms with Gasteiger partial charge in [0.2, 0.25) is 11.8 Å². The van der Waals surface area contributed by atoms with Crippen LogP contribution in [-0.2, 0) is 16.0 Å². The second-order valence-corrected chi connectivity index (χ2v) is 5.86. The first-order valence-corrected chi connectivity index (χ1v) is 8.67. The number of nitrogens with zero attached hydrogens (tertiary/aromatic N) is 1. The zero-order chi connectivity index (χ0) is 20.5. The van der Waals surface area contributed by atoms with Gasteiger partial charge in [-0.15, -0.1) is 0 Å². The van der Waals surface area contributed by atoms with Crippen molar-refractivity contribution in [3.8, 4) is 11.5 Å². The average Bonchev–Trinajstić information content (AvgIpc) is 2.67. The summed E-state index contributed by atoms with van der Waals surface area (Å²) in [5.74, 6) is -0.0494. The smallest absolute Gasteiger partial charge is 0.387 e. The largest absolute Gasteiger partial charge is 0.495 e. The number of rotatable bonds is 9. The van der Waals surface area contributed by atoms with Crippen molar-refractivity contribution in [1.82, 2.24) is 4.90 Å². The zero-order valence-corrected chi connectivity index (χ0v) is 15.7. The Morgan fingerprint density at radius 1 is 1.11 bits per heavy atom. The fourth-order valence-corrected chi connectivity index (χ4v) is 2.56. The summed E-state index contributed by atoms with van der Waals surface area (Å²) >= 11 is 0. The molecule has 2 aromatic rings. The van der Waals surface area contributed by atoms with E-state index in [1.165, 1.54) is 24.1 Å². The Hall–Kier alpha value is -3.16. The monoisotopic (exact) mass is 392 g/mol. The number of methoxy groups -OCH3 is 1. The molecule has 28 heavy (non-hydrogen) atoms. The molecule has 0 saturated heterocycles. The molecule has 2 amide bonds. The third-order valence-electron chi connectivity index (χ3n) is 3.95. The quantitative estimate of drug-likeness (QED) is 0.711. The Labute approximate surface area is 162 Å². The first-order chi connectivity index (χ1) is 13.4. The normalized spacial score (nSPS) is 10.5. The molecule has 0 saturated carbocycles. The number of carbonyl (C=O) groups excluding carboxylic acids is 2. The molecule has 0 aliphatic carbocycles. The standard InChI is InChI=1S/C20H22F2N2O4/c1-3-24(13-18(25)23-16-6-4-5-7-17(16)27-2)19(26)12-14-8-10-15(11-9-14)28-20(21)22/h4-11,20H,3,12-13H2,1-2H3,(H,23,25). The van der Waals surface area contributed by atoms with Gasteiger partial charge >= 0.3 is 6.61 Å². The Balaban J connectivity index is 1.94. The third kappa shape index (κ3) is 6.22. The molecular formula is C20H22F2N2O4. The molecule has 0 unspecified atom stereocenters. The van der Waals surface area contributed by atoms with Crippen LogP contribution in [0.25, 0.3) is 0 Å². The van der Waals surface area contributed by atoms with Gasteiger partial charge in [0.05, 0.1) is 25.8 Å². The lowest BCUT2D eigenvalue weighted by molar-refractivity contribution is -0.133. The number of benzene rings is 2. The number of nitrogens with one attached hydrogen (secondary N) is 1. The highest BCUT2D eigenvalue weighted by molar-refractivity contribution is 5.95. The fourth-order valence-electron chi connectivity index (χ4n) is 2.56. The van der Waals surface area contributed by atoms with E-state index in [4.69, 9.17) is 4.74 Å². The van der Waals surface area contributed by atoms with Gasteiger partial charge in [0.15, 0.2) is 0 Å². The SMILES string of the molecule is CCN(CC(=O)Nc1ccccc1OC)C(=O)Cc1ccc(OC(F)F)cc1. The number of amides is 2. The predicted octanol–water partition coefficient (Wildman–Crippen LogP) is 3.33. The van der Waals surface area contributed by atoms with Crippen LogP contribution in [0, 0.1) is 0 Å². The van der Waals surface area contributed by atoms with E-state index in [9.17, 15) is 18.4 Å². The van der Waals surface area contributed by atoms with Crippen LogP contribution in [-0.4, -0.2) is 43.5 Å². The van der Waals surface area contributed by atoms with E-state index in [-0.39, 0.29) is 30.5 Å². The lowest BCUT2D eigenvalue weighted by atomic mass is 10.1. The number of ether oxygens (including phenoxy) is 2. The summed E-state index contributed by atoms with van der Waals surface area (Å²) in [6, 6.07) is 12.8. The number of alkyl halides is 2. The van der Waals surface area contributed by atoms with Crippen LogP contribution in [0.5, 0.6) is 11.5 Å². The molecule has 2 aromatic carbocycles. The minimum Gasteiger partial charge on any atom is -0.495 e. The van der Waals surface area contributed by atoms with Gasteiger partial charge in [-0.2, -0.15) is 8.78 Å². The van der Waals surface area contributed by atoms with Gasteiger partial charge in [-0.1, -0.05) is 24.3 Å². The lowest BCUT2D eigenvalue weighted by Crippen LogP contribution is -2.38. The van der Waals surface area contributed by atoms with Crippen LogP contribution in [0.4, 0.5) is 14.5 Å². The van der Waals surface area contributed by atoms with Crippen LogP contribution in [0.2, 0.25) is 0 Å². The van der Waals surface area contributed by atoms with Crippen molar-refractivity contribution in [3.05, 3.63) is 54.1 Å². The minimum absolute atomic E-state index is 0.0229. The van der Waals surface area contributed by atoms with E-state index in [0.29, 0.717) is 23.5 Å². The summed E-state index contributed by atoms with van der Waals surface area (Å²) in [6.45, 7) is -0.886. The van der Waals surface area contributed by atoms with Crippen molar-refractivity contribution in [3.63, 3.8) is 0 Å². The van der Waals surface area contributed by atoms with Crippen LogP contribution in [0.3, 0.4) is 0 Å². The van der Waals surface area contributed by atoms with Crippen LogP contribution >= 0.6 is 0 Å². The van der Waals surface area contributed by atoms with E-state index in [0.717, 1.165) is 0 Å². The first kappa shape index (κ1) is 21.1. The van der Waals surface area contributed by atoms with E-state index in [2.05, 4.69) is 10.1 Å². The molecule has 1 N–H and O–H groups in total. The van der Waals surface area contributed by atoms with Crippen LogP contribution in [0.15, 0.2) is 48.5 Å². The maximum Gasteiger partial charge on any atom is 0.387 e. The van der Waals surface area contributed by atoms with Crippen molar-refractivity contribution >= 4 is 17.5 Å². The van der Waals surface area contributed by atoms with Crippen LogP contribution in [0.1, 0.15) is 12.5 Å². The topological polar surface area (TPSA) is 67.9 Å². The van der Waals surface area contributed by atoms with Crippen molar-refractivity contribution in [1.29, 1.82) is 0 Å². The van der Waals surface area contributed by atoms with Crippen LogP contribution < -0.4 is 14.8 Å². The summed E-state index contributed by atoms with van der Waals surface area (Å²) < 4.78 is 33.8. The first-order valence-electron chi connectivity index (χ1n) is 8.67. The number of hydrogen-bond donors (Lipinski definition) is 1. The Morgan fingerprint density at radius 2 is 1.79 bits per heavy atom. The van der Waals surface area contributed by atoms with Gasteiger partial charge in [0, 0.05) is 6.54 Å². The highest BCUT2D eigenvalue weighted by Crippen LogP contribution is 2.23. The number of hydrogen-bond acceptors (Lipinski definition) is 4. The summed E-state index contributed by atoms with van der Waals surface area (Å²) in [4.78, 5) is 26.2. The summed E-state index contributed by atoms with van der Waals surface area (Å²) in [5, 5.41) is 2.73. The van der Waals surface area contributed by atoms with E-state index in [1.807, 2.05) is 0 Å². The molecule has 6 nitrogen and oxygen atoms in total. The van der Waals surface area contributed by atoms with E-state index in [1.54, 1.807) is 43.3 Å². The van der Waals surface area contributed by atoms with Gasteiger partial charge in [-0.3, -0.25) is 9.59 Å². The Morgan fingerprint density at radius 3 is 2.39 bits per heavy atom. The van der Waals surface area contributed by atoms with E-state index < -0.39 is 6.61 Å². The molecule has 8 heteroatoms. The summed E-state index contributed by atoms with van der Waals surface area (Å²) in [6.07, 6.45) is 0.0464. The predicted molar refractivity (Wildman–Crippen MR) is 101 cm³/mol. The van der Waals surface area contributed by atoms with Crippen molar-refractivity contribution < 1.29 is 27.8 Å². The molecule has 0 aliphatic rings. The molecule has 0 fully saturated rings. The molecular weight excluding hydrogens is 370 g/mol. The number of anilines is 1. The molecule has 0 radical (unpaired) electrons. The Kier molecular flexibility index (Phi) is 7.74. The maximum absolute atomic E-state index is 12.5. The molecule has 0 bridgehead atoms. The highest BCUT2D eigenvalue weighted by Gasteiger charge is 2.17. The molecule has 0 atom stereocenters. The van der Waals surface area contributed by atoms with Gasteiger partial charge in [-0.05, 0) is 36.8 Å². The number of likely N-dealkylation sites (N-methyl/N-ethyl adjacent to an activating group) is 1. The second kappa shape index (κ2) is 10.2. The average molecular weight is 392 g/mol. The van der Waals surface area contributed by atoms with Crippen molar-refractivity contribution in [2.75, 3.05) is 25.5 Å². The second-order valence-electron chi connectivity index (χ2n) is 5.86. The summed E-state index contributed by atoms with van der Waals surface area (Å²) in [7, 11) is 1.50. The third-order valence-corrected chi connectivity index (χ3v) is 3.95. The van der Waals surface area contributed by atoms with Gasteiger partial charge in [0.1, 0.15) is 11.5 Å². The van der Waals surface area contributed by atoms with E-state index >= 15 is 0 Å². The van der Waals surface area contributed by atoms with Gasteiger partial charge < -0.3 is 19.7 Å². The molecule has 150 valence electrons. The fraction of sp³-hybridized carbons (Fsp3) is 0.300. The van der Waals surface area contributed by atoms with Gasteiger partial charge in [-0.25, -0.2) is 0 Å². The molecule has 0 heterocycles. The van der Waals surface area contributed by atoms with Gasteiger partial charge in [0.25, 0.3) is 0 Å². The highest BCUT2D eigenvalue weighted by atomic mass is 19.3. The maximum atomic E-state index is 12.5. The summed E-state index contributed by atoms with van der Waals surface area (Å²) in [5.41, 5.74) is 1.16. The number of para-hydroxylation sites is 2. The van der Waals surface area contributed by atoms with Crippen molar-refractivity contribution in [2.24, 2.45) is 0 Å². The minimum atomic E-state index is -2.90.